The summed E-state index contributed by atoms with van der Waals surface area (Å²) in [6.07, 6.45) is 0. The van der Waals surface area contributed by atoms with Gasteiger partial charge in [-0.25, -0.2) is 0 Å². The number of hydrogen-bond acceptors (Lipinski definition) is 4. The SMILES string of the molecule is CC(C)(C)c1ccc(OCCNC(=O)CN2CCN(c3ccccc3)CC2)cc1. The quantitative estimate of drug-likeness (QED) is 0.731. The molecule has 1 heterocycles. The van der Waals surface area contributed by atoms with Crippen LogP contribution in [0.2, 0.25) is 0 Å². The van der Waals surface area contributed by atoms with E-state index in [-0.39, 0.29) is 11.3 Å². The van der Waals surface area contributed by atoms with Crippen LogP contribution in [0.15, 0.2) is 54.6 Å². The van der Waals surface area contributed by atoms with Gasteiger partial charge in [-0.05, 0) is 35.2 Å². The van der Waals surface area contributed by atoms with Gasteiger partial charge in [0.1, 0.15) is 12.4 Å². The summed E-state index contributed by atoms with van der Waals surface area (Å²) in [5, 5.41) is 2.96. The number of piperazine rings is 1. The summed E-state index contributed by atoms with van der Waals surface area (Å²) in [6, 6.07) is 18.6. The summed E-state index contributed by atoms with van der Waals surface area (Å²) in [4.78, 5) is 16.8. The van der Waals surface area contributed by atoms with Crippen LogP contribution in [0.3, 0.4) is 0 Å². The number of amides is 1. The highest BCUT2D eigenvalue weighted by Gasteiger charge is 2.19. The van der Waals surface area contributed by atoms with Crippen molar-refractivity contribution in [1.29, 1.82) is 0 Å². The van der Waals surface area contributed by atoms with Crippen molar-refractivity contribution < 1.29 is 9.53 Å². The number of ether oxygens (including phenoxy) is 1. The van der Waals surface area contributed by atoms with Crippen molar-refractivity contribution in [3.63, 3.8) is 0 Å². The number of nitrogens with one attached hydrogen (secondary N) is 1. The zero-order valence-corrected chi connectivity index (χ0v) is 17.9. The van der Waals surface area contributed by atoms with Gasteiger partial charge in [-0.15, -0.1) is 0 Å². The zero-order chi connectivity index (χ0) is 20.7. The molecule has 156 valence electrons. The molecule has 1 saturated heterocycles. The van der Waals surface area contributed by atoms with Crippen LogP contribution in [0, 0.1) is 0 Å². The Morgan fingerprint density at radius 2 is 1.62 bits per heavy atom. The number of hydrogen-bond donors (Lipinski definition) is 1. The molecule has 1 aliphatic heterocycles. The van der Waals surface area contributed by atoms with Gasteiger partial charge in [-0.1, -0.05) is 51.1 Å². The topological polar surface area (TPSA) is 44.8 Å². The Balaban J connectivity index is 1.31. The van der Waals surface area contributed by atoms with E-state index in [1.54, 1.807) is 0 Å². The maximum absolute atomic E-state index is 12.2. The fourth-order valence-corrected chi connectivity index (χ4v) is 3.47. The lowest BCUT2D eigenvalue weighted by atomic mass is 9.87. The molecule has 1 aliphatic rings. The highest BCUT2D eigenvalue weighted by atomic mass is 16.5. The minimum absolute atomic E-state index is 0.0600. The summed E-state index contributed by atoms with van der Waals surface area (Å²) >= 11 is 0. The first kappa shape index (κ1) is 21.2. The van der Waals surface area contributed by atoms with Crippen LogP contribution in [-0.4, -0.2) is 56.7 Å². The van der Waals surface area contributed by atoms with Gasteiger partial charge in [0.15, 0.2) is 0 Å². The van der Waals surface area contributed by atoms with Crippen LogP contribution in [0.5, 0.6) is 5.75 Å². The number of nitrogens with zero attached hydrogens (tertiary/aromatic N) is 2. The van der Waals surface area contributed by atoms with Crippen LogP contribution >= 0.6 is 0 Å². The minimum Gasteiger partial charge on any atom is -0.492 e. The average Bonchev–Trinajstić information content (AvgIpc) is 2.72. The third-order valence-corrected chi connectivity index (χ3v) is 5.27. The lowest BCUT2D eigenvalue weighted by Gasteiger charge is -2.35. The van der Waals surface area contributed by atoms with Crippen molar-refractivity contribution in [3.8, 4) is 5.75 Å². The number of carbonyl (C=O) groups is 1. The maximum Gasteiger partial charge on any atom is 0.234 e. The molecule has 0 aromatic heterocycles. The zero-order valence-electron chi connectivity index (χ0n) is 17.9. The highest BCUT2D eigenvalue weighted by molar-refractivity contribution is 5.78. The molecule has 5 heteroatoms. The van der Waals surface area contributed by atoms with E-state index in [4.69, 9.17) is 4.74 Å². The predicted molar refractivity (Wildman–Crippen MR) is 119 cm³/mol. The van der Waals surface area contributed by atoms with Crippen molar-refractivity contribution in [1.82, 2.24) is 10.2 Å². The normalized spacial score (nSPS) is 15.2. The van der Waals surface area contributed by atoms with E-state index in [1.165, 1.54) is 11.3 Å². The lowest BCUT2D eigenvalue weighted by Crippen LogP contribution is -2.49. The molecule has 0 unspecified atom stereocenters. The molecule has 2 aromatic rings. The molecule has 0 bridgehead atoms. The fraction of sp³-hybridized carbons (Fsp3) is 0.458. The van der Waals surface area contributed by atoms with E-state index in [9.17, 15) is 4.79 Å². The molecule has 1 fully saturated rings. The number of para-hydroxylation sites is 1. The summed E-state index contributed by atoms with van der Waals surface area (Å²) in [7, 11) is 0. The van der Waals surface area contributed by atoms with Gasteiger partial charge in [0.2, 0.25) is 5.91 Å². The molecule has 3 rings (SSSR count). The number of rotatable bonds is 7. The van der Waals surface area contributed by atoms with Crippen molar-refractivity contribution >= 4 is 11.6 Å². The summed E-state index contributed by atoms with van der Waals surface area (Å²) < 4.78 is 5.74. The number of anilines is 1. The van der Waals surface area contributed by atoms with Crippen molar-refractivity contribution in [3.05, 3.63) is 60.2 Å². The standard InChI is InChI=1S/C24H33N3O2/c1-24(2,3)20-9-11-22(12-10-20)29-18-13-25-23(28)19-26-14-16-27(17-15-26)21-7-5-4-6-8-21/h4-12H,13-19H2,1-3H3,(H,25,28). The first-order chi connectivity index (χ1) is 13.9. The summed E-state index contributed by atoms with van der Waals surface area (Å²) in [5.41, 5.74) is 2.67. The lowest BCUT2D eigenvalue weighted by molar-refractivity contribution is -0.122. The third-order valence-electron chi connectivity index (χ3n) is 5.27. The molecule has 1 amide bonds. The second-order valence-corrected chi connectivity index (χ2v) is 8.57. The smallest absolute Gasteiger partial charge is 0.234 e. The van der Waals surface area contributed by atoms with Crippen LogP contribution < -0.4 is 15.0 Å². The molecule has 0 spiro atoms. The van der Waals surface area contributed by atoms with Gasteiger partial charge < -0.3 is 15.0 Å². The maximum atomic E-state index is 12.2. The van der Waals surface area contributed by atoms with Gasteiger partial charge in [-0.3, -0.25) is 9.69 Å². The van der Waals surface area contributed by atoms with E-state index in [0.29, 0.717) is 19.7 Å². The molecule has 1 N–H and O–H groups in total. The van der Waals surface area contributed by atoms with E-state index >= 15 is 0 Å². The molecule has 2 aromatic carbocycles. The van der Waals surface area contributed by atoms with E-state index < -0.39 is 0 Å². The Morgan fingerprint density at radius 3 is 2.24 bits per heavy atom. The first-order valence-corrected chi connectivity index (χ1v) is 10.4. The monoisotopic (exact) mass is 395 g/mol. The van der Waals surface area contributed by atoms with E-state index in [0.717, 1.165) is 31.9 Å². The second kappa shape index (κ2) is 9.79. The van der Waals surface area contributed by atoms with Crippen LogP contribution in [0.25, 0.3) is 0 Å². The minimum atomic E-state index is 0.0600. The highest BCUT2D eigenvalue weighted by Crippen LogP contribution is 2.24. The molecule has 0 radical (unpaired) electrons. The van der Waals surface area contributed by atoms with Crippen molar-refractivity contribution in [2.75, 3.05) is 50.8 Å². The van der Waals surface area contributed by atoms with E-state index in [1.807, 2.05) is 18.2 Å². The van der Waals surface area contributed by atoms with Crippen LogP contribution in [-0.2, 0) is 10.2 Å². The van der Waals surface area contributed by atoms with Gasteiger partial charge in [0.25, 0.3) is 0 Å². The van der Waals surface area contributed by atoms with Crippen molar-refractivity contribution in [2.24, 2.45) is 0 Å². The Hall–Kier alpha value is -2.53. The molecular weight excluding hydrogens is 362 g/mol. The predicted octanol–water partition coefficient (Wildman–Crippen LogP) is 3.30. The molecule has 5 nitrogen and oxygen atoms in total. The Labute approximate surface area is 174 Å². The molecular formula is C24H33N3O2. The van der Waals surface area contributed by atoms with Gasteiger partial charge >= 0.3 is 0 Å². The number of benzene rings is 2. The Bertz CT molecular complexity index is 761. The van der Waals surface area contributed by atoms with Gasteiger partial charge in [0.05, 0.1) is 13.1 Å². The molecule has 0 aliphatic carbocycles. The first-order valence-electron chi connectivity index (χ1n) is 10.4. The Morgan fingerprint density at radius 1 is 0.966 bits per heavy atom. The largest absolute Gasteiger partial charge is 0.492 e. The number of carbonyl (C=O) groups excluding carboxylic acids is 1. The van der Waals surface area contributed by atoms with Crippen LogP contribution in [0.1, 0.15) is 26.3 Å². The molecule has 0 saturated carbocycles. The van der Waals surface area contributed by atoms with Crippen molar-refractivity contribution in [2.45, 2.75) is 26.2 Å². The average molecular weight is 396 g/mol. The third kappa shape index (κ3) is 6.50. The Kier molecular flexibility index (Phi) is 7.15. The van der Waals surface area contributed by atoms with E-state index in [2.05, 4.69) is 72.3 Å². The summed E-state index contributed by atoms with van der Waals surface area (Å²) in [6.45, 7) is 11.7. The second-order valence-electron chi connectivity index (χ2n) is 8.57. The fourth-order valence-electron chi connectivity index (χ4n) is 3.47. The summed E-state index contributed by atoms with van der Waals surface area (Å²) in [5.74, 6) is 0.897. The van der Waals surface area contributed by atoms with Crippen LogP contribution in [0.4, 0.5) is 5.69 Å². The van der Waals surface area contributed by atoms with Gasteiger partial charge in [0, 0.05) is 31.9 Å². The van der Waals surface area contributed by atoms with Gasteiger partial charge in [-0.2, -0.15) is 0 Å². The molecule has 0 atom stereocenters. The molecule has 29 heavy (non-hydrogen) atoms.